The number of thiol groups is 1. The summed E-state index contributed by atoms with van der Waals surface area (Å²) in [6, 6.07) is 21.7. The van der Waals surface area contributed by atoms with E-state index in [4.69, 9.17) is 11.5 Å². The van der Waals surface area contributed by atoms with E-state index in [0.717, 1.165) is 27.0 Å². The number of hydrogen-bond acceptors (Lipinski definition) is 6. The van der Waals surface area contributed by atoms with Crippen molar-refractivity contribution in [1.82, 2.24) is 20.4 Å². The Morgan fingerprint density at radius 2 is 1.43 bits per heavy atom. The number of nitrogens with one attached hydrogen (secondary N) is 2. The third-order valence-corrected chi connectivity index (χ3v) is 4.28. The van der Waals surface area contributed by atoms with Crippen LogP contribution < -0.4 is 11.5 Å². The number of halogens is 1. The second kappa shape index (κ2) is 11.1. The number of aromatic amines is 2. The van der Waals surface area contributed by atoms with Gasteiger partial charge in [-0.2, -0.15) is 10.2 Å². The summed E-state index contributed by atoms with van der Waals surface area (Å²) in [7, 11) is 4.34. The van der Waals surface area contributed by atoms with Gasteiger partial charge in [-0.05, 0) is 21.5 Å². The molecule has 2 heterocycles. The van der Waals surface area contributed by atoms with Gasteiger partial charge in [0.25, 0.3) is 0 Å². The summed E-state index contributed by atoms with van der Waals surface area (Å²) in [5.41, 5.74) is 15.1. The van der Waals surface area contributed by atoms with E-state index in [-0.39, 0.29) is 0 Å². The van der Waals surface area contributed by atoms with Crippen LogP contribution in [0.5, 0.6) is 0 Å². The van der Waals surface area contributed by atoms with Crippen molar-refractivity contribution in [1.29, 1.82) is 0 Å². The Labute approximate surface area is 177 Å². The first-order chi connectivity index (χ1) is 13.6. The molecule has 0 unspecified atom stereocenters. The van der Waals surface area contributed by atoms with Crippen molar-refractivity contribution in [3.63, 3.8) is 0 Å². The zero-order valence-corrected chi connectivity index (χ0v) is 17.2. The minimum absolute atomic E-state index is 0.485. The van der Waals surface area contributed by atoms with Crippen LogP contribution in [0.2, 0.25) is 0 Å². The van der Waals surface area contributed by atoms with Crippen LogP contribution >= 0.6 is 28.7 Å². The van der Waals surface area contributed by atoms with Gasteiger partial charge in [0.15, 0.2) is 5.82 Å². The van der Waals surface area contributed by atoms with E-state index < -0.39 is 0 Å². The maximum absolute atomic E-state index is 5.59. The summed E-state index contributed by atoms with van der Waals surface area (Å²) < 4.78 is 3.51. The molecule has 0 amide bonds. The van der Waals surface area contributed by atoms with E-state index in [1.54, 1.807) is 0 Å². The fraction of sp³-hybridized carbons (Fsp3) is 0. The standard InChI is InChI=1S/C9H8BrN3.C9H9N3.BHNS/c10-7-8(12-13-9(7)11)6-4-2-1-3-5-6;10-9-6-8(11-12-9)7-4-2-1-3-5-7;1-2-3/h1-5H,(H3,11,12,13);1-6H,(H3,10,11,12);3H. The first kappa shape index (κ1) is 21.5. The molecular weight excluding hydrogens is 437 g/mol. The molecule has 0 bridgehead atoms. The van der Waals surface area contributed by atoms with Crippen molar-refractivity contribution in [2.45, 2.75) is 0 Å². The van der Waals surface area contributed by atoms with Gasteiger partial charge in [0.2, 0.25) is 0 Å². The molecule has 2 aromatic heterocycles. The Morgan fingerprint density at radius 3 is 1.86 bits per heavy atom. The molecule has 28 heavy (non-hydrogen) atoms. The predicted octanol–water partition coefficient (Wildman–Crippen LogP) is 4.26. The monoisotopic (exact) mass is 454 g/mol. The number of rotatable bonds is 2. The minimum atomic E-state index is 0.485. The fourth-order valence-corrected chi connectivity index (χ4v) is 2.65. The van der Waals surface area contributed by atoms with Crippen LogP contribution in [-0.2, 0) is 0 Å². The van der Waals surface area contributed by atoms with Crippen LogP contribution in [0.3, 0.4) is 0 Å². The van der Waals surface area contributed by atoms with Crippen LogP contribution in [0.4, 0.5) is 11.6 Å². The molecular formula is C18H18BBrN7S. The average molecular weight is 455 g/mol. The number of H-pyrrole nitrogens is 2. The molecule has 0 aliphatic carbocycles. The molecule has 1 radical (unpaired) electrons. The van der Waals surface area contributed by atoms with Gasteiger partial charge in [-0.1, -0.05) is 60.7 Å². The molecule has 4 rings (SSSR count). The molecule has 7 nitrogen and oxygen atoms in total. The second-order valence-electron chi connectivity index (χ2n) is 5.35. The normalized spacial score (nSPS) is 9.46. The van der Waals surface area contributed by atoms with Gasteiger partial charge < -0.3 is 11.5 Å². The third kappa shape index (κ3) is 6.10. The molecule has 0 atom stereocenters. The summed E-state index contributed by atoms with van der Waals surface area (Å²) in [5, 5.41) is 13.5. The van der Waals surface area contributed by atoms with E-state index >= 15 is 0 Å². The maximum atomic E-state index is 5.59. The van der Waals surface area contributed by atoms with Crippen molar-refractivity contribution in [3.05, 3.63) is 71.2 Å². The van der Waals surface area contributed by atoms with Crippen LogP contribution in [-0.4, -0.2) is 28.0 Å². The number of nitrogens with zero attached hydrogens (tertiary/aromatic N) is 3. The number of nitrogen functional groups attached to an aromatic ring is 2. The topological polar surface area (TPSA) is 122 Å². The Balaban J connectivity index is 0.000000176. The molecule has 0 saturated heterocycles. The van der Waals surface area contributed by atoms with Crippen LogP contribution in [0.25, 0.3) is 22.5 Å². The Bertz CT molecular complexity index is 990. The molecule has 141 valence electrons. The van der Waals surface area contributed by atoms with Crippen molar-refractivity contribution in [3.8, 4) is 22.5 Å². The predicted molar refractivity (Wildman–Crippen MR) is 122 cm³/mol. The zero-order valence-electron chi connectivity index (χ0n) is 14.7. The van der Waals surface area contributed by atoms with Crippen molar-refractivity contribution in [2.24, 2.45) is 4.30 Å². The molecule has 10 heteroatoms. The Hall–Kier alpha value is -2.85. The van der Waals surface area contributed by atoms with Gasteiger partial charge in [0.1, 0.15) is 5.82 Å². The Kier molecular flexibility index (Phi) is 8.51. The molecule has 0 fully saturated rings. The molecule has 6 N–H and O–H groups in total. The molecule has 2 aromatic carbocycles. The van der Waals surface area contributed by atoms with Crippen molar-refractivity contribution >= 4 is 48.0 Å². The first-order valence-electron chi connectivity index (χ1n) is 8.02. The van der Waals surface area contributed by atoms with Crippen molar-refractivity contribution in [2.75, 3.05) is 11.5 Å². The second-order valence-corrected chi connectivity index (χ2v) is 6.38. The summed E-state index contributed by atoms with van der Waals surface area (Å²) in [6.07, 6.45) is 0. The summed E-state index contributed by atoms with van der Waals surface area (Å²) in [4.78, 5) is 0. The molecule has 4 aromatic rings. The number of anilines is 2. The SMILES string of the molecule is Nc1cc(-c2ccccc2)[nH]n1.Nc1n[nH]c(-c2ccccc2)c1Br.[B]=NS. The number of nitrogens with two attached hydrogens (primary N) is 2. The van der Waals surface area contributed by atoms with E-state index in [0.29, 0.717) is 11.6 Å². The molecule has 0 aliphatic rings. The summed E-state index contributed by atoms with van der Waals surface area (Å²) >= 11 is 6.56. The summed E-state index contributed by atoms with van der Waals surface area (Å²) in [5.74, 6) is 1.01. The summed E-state index contributed by atoms with van der Waals surface area (Å²) in [6.45, 7) is 0. The number of benzene rings is 2. The zero-order chi connectivity index (χ0) is 20.4. The quantitative estimate of drug-likeness (QED) is 0.229. The van der Waals surface area contributed by atoms with Crippen LogP contribution in [0.1, 0.15) is 0 Å². The Morgan fingerprint density at radius 1 is 0.893 bits per heavy atom. The van der Waals surface area contributed by atoms with E-state index in [2.05, 4.69) is 61.1 Å². The molecule has 0 spiro atoms. The van der Waals surface area contributed by atoms with Crippen molar-refractivity contribution < 1.29 is 0 Å². The van der Waals surface area contributed by atoms with E-state index in [1.165, 1.54) is 0 Å². The third-order valence-electron chi connectivity index (χ3n) is 3.48. The number of hydrogen-bond donors (Lipinski definition) is 5. The molecule has 0 aliphatic heterocycles. The van der Waals surface area contributed by atoms with Crippen LogP contribution in [0.15, 0.2) is 75.5 Å². The first-order valence-corrected chi connectivity index (χ1v) is 9.21. The van der Waals surface area contributed by atoms with Gasteiger partial charge in [-0.3, -0.25) is 10.2 Å². The average Bonchev–Trinajstić information content (AvgIpc) is 3.30. The molecule has 0 saturated carbocycles. The van der Waals surface area contributed by atoms with Gasteiger partial charge in [-0.15, -0.1) is 0 Å². The van der Waals surface area contributed by atoms with Gasteiger partial charge >= 0.3 is 24.8 Å². The fourth-order valence-electron chi connectivity index (χ4n) is 2.24. The van der Waals surface area contributed by atoms with E-state index in [9.17, 15) is 0 Å². The number of aromatic nitrogens is 4. The van der Waals surface area contributed by atoms with Gasteiger partial charge in [0.05, 0.1) is 15.9 Å². The van der Waals surface area contributed by atoms with Crippen LogP contribution in [0, 0.1) is 0 Å². The van der Waals surface area contributed by atoms with Gasteiger partial charge in [0, 0.05) is 11.6 Å². The van der Waals surface area contributed by atoms with Gasteiger partial charge in [-0.25, -0.2) is 0 Å². The van der Waals surface area contributed by atoms with E-state index in [1.807, 2.05) is 66.7 Å².